The first-order chi connectivity index (χ1) is 23.6. The van der Waals surface area contributed by atoms with E-state index >= 15 is 0 Å². The molecule has 6 rings (SSSR count). The lowest BCUT2D eigenvalue weighted by molar-refractivity contribution is -0.137. The van der Waals surface area contributed by atoms with Crippen molar-refractivity contribution in [3.05, 3.63) is 172 Å². The van der Waals surface area contributed by atoms with Gasteiger partial charge < -0.3 is 4.74 Å². The van der Waals surface area contributed by atoms with Crippen molar-refractivity contribution in [1.82, 2.24) is 14.9 Å². The van der Waals surface area contributed by atoms with Crippen LogP contribution in [0.25, 0.3) is 0 Å². The maximum atomic E-state index is 12.1. The van der Waals surface area contributed by atoms with E-state index in [-0.39, 0.29) is 25.0 Å². The third kappa shape index (κ3) is 8.32. The zero-order valence-corrected chi connectivity index (χ0v) is 25.6. The standard InChI is InChI=1S/C42H25N3O3/c46-40-20-21-41(47)45(40)30-31-48-42-38(18-16-34-8-4-32(5-9-34)12-14-36-22-26-43-27-23-36)2-1-3-39(42)19-17-35-10-6-33(7-11-35)13-15-37-24-28-44-29-25-37/h1-11,20-29H,30-31H2. The van der Waals surface area contributed by atoms with Crippen LogP contribution < -0.4 is 4.74 Å². The van der Waals surface area contributed by atoms with E-state index in [1.165, 1.54) is 12.2 Å². The van der Waals surface area contributed by atoms with Gasteiger partial charge in [0.1, 0.15) is 6.61 Å². The number of rotatable bonds is 4. The molecule has 0 fully saturated rings. The van der Waals surface area contributed by atoms with Gasteiger partial charge in [0.15, 0.2) is 5.75 Å². The van der Waals surface area contributed by atoms with Gasteiger partial charge in [-0.05, 0) is 84.9 Å². The number of imide groups is 1. The normalized spacial score (nSPS) is 11.2. The molecule has 0 spiro atoms. The highest BCUT2D eigenvalue weighted by molar-refractivity contribution is 6.12. The largest absolute Gasteiger partial charge is 0.489 e. The van der Waals surface area contributed by atoms with Crippen LogP contribution in [0, 0.1) is 47.4 Å². The summed E-state index contributed by atoms with van der Waals surface area (Å²) in [5.41, 5.74) is 6.38. The van der Waals surface area contributed by atoms with Gasteiger partial charge in [-0.1, -0.05) is 53.4 Å². The number of amides is 2. The molecule has 48 heavy (non-hydrogen) atoms. The van der Waals surface area contributed by atoms with Crippen molar-refractivity contribution in [2.24, 2.45) is 0 Å². The van der Waals surface area contributed by atoms with Crippen LogP contribution in [0.4, 0.5) is 0 Å². The van der Waals surface area contributed by atoms with E-state index in [0.29, 0.717) is 16.9 Å². The molecule has 5 aromatic rings. The Balaban J connectivity index is 1.23. The van der Waals surface area contributed by atoms with Gasteiger partial charge in [-0.25, -0.2) is 0 Å². The number of nitrogens with zero attached hydrogens (tertiary/aromatic N) is 3. The summed E-state index contributed by atoms with van der Waals surface area (Å²) < 4.78 is 6.17. The molecule has 6 nitrogen and oxygen atoms in total. The van der Waals surface area contributed by atoms with Gasteiger partial charge in [-0.2, -0.15) is 0 Å². The van der Waals surface area contributed by atoms with Gasteiger partial charge in [0, 0.05) is 70.3 Å². The minimum Gasteiger partial charge on any atom is -0.489 e. The van der Waals surface area contributed by atoms with Crippen molar-refractivity contribution in [2.45, 2.75) is 0 Å². The Kier molecular flexibility index (Phi) is 9.81. The number of ether oxygens (including phenoxy) is 1. The highest BCUT2D eigenvalue weighted by atomic mass is 16.5. The van der Waals surface area contributed by atoms with Crippen molar-refractivity contribution in [2.75, 3.05) is 13.2 Å². The fourth-order valence-corrected chi connectivity index (χ4v) is 4.49. The Bertz CT molecular complexity index is 2090. The zero-order chi connectivity index (χ0) is 33.0. The number of carbonyl (C=O) groups is 2. The number of hydrogen-bond acceptors (Lipinski definition) is 5. The Labute approximate surface area is 279 Å². The first-order valence-electron chi connectivity index (χ1n) is 15.0. The molecular weight excluding hydrogens is 594 g/mol. The van der Waals surface area contributed by atoms with Gasteiger partial charge in [-0.3, -0.25) is 24.5 Å². The predicted molar refractivity (Wildman–Crippen MR) is 183 cm³/mol. The lowest BCUT2D eigenvalue weighted by atomic mass is 10.1. The lowest BCUT2D eigenvalue weighted by Crippen LogP contribution is -2.33. The fraction of sp³-hybridized carbons (Fsp3) is 0.0476. The molecule has 0 radical (unpaired) electrons. The first kappa shape index (κ1) is 30.9. The summed E-state index contributed by atoms with van der Waals surface area (Å²) in [7, 11) is 0. The molecule has 0 unspecified atom stereocenters. The Morgan fingerprint density at radius 3 is 1.23 bits per heavy atom. The van der Waals surface area contributed by atoms with E-state index in [9.17, 15) is 9.59 Å². The third-order valence-electron chi connectivity index (χ3n) is 6.99. The van der Waals surface area contributed by atoms with Gasteiger partial charge in [0.05, 0.1) is 17.7 Å². The minimum atomic E-state index is -0.362. The van der Waals surface area contributed by atoms with E-state index < -0.39 is 0 Å². The molecule has 3 aromatic carbocycles. The van der Waals surface area contributed by atoms with E-state index in [1.54, 1.807) is 24.8 Å². The summed E-state index contributed by atoms with van der Waals surface area (Å²) in [6.07, 6.45) is 9.36. The van der Waals surface area contributed by atoms with Gasteiger partial charge in [0.25, 0.3) is 11.8 Å². The average Bonchev–Trinajstić information content (AvgIpc) is 3.46. The first-order valence-corrected chi connectivity index (χ1v) is 15.0. The van der Waals surface area contributed by atoms with E-state index in [2.05, 4.69) is 57.3 Å². The molecule has 0 saturated heterocycles. The van der Waals surface area contributed by atoms with Crippen molar-refractivity contribution in [1.29, 1.82) is 0 Å². The van der Waals surface area contributed by atoms with Gasteiger partial charge in [0.2, 0.25) is 0 Å². The molecule has 0 N–H and O–H groups in total. The van der Waals surface area contributed by atoms with E-state index in [0.717, 1.165) is 38.3 Å². The van der Waals surface area contributed by atoms with Crippen molar-refractivity contribution < 1.29 is 14.3 Å². The van der Waals surface area contributed by atoms with Crippen LogP contribution in [0.1, 0.15) is 44.5 Å². The molecule has 0 saturated carbocycles. The zero-order valence-electron chi connectivity index (χ0n) is 25.6. The fourth-order valence-electron chi connectivity index (χ4n) is 4.49. The topological polar surface area (TPSA) is 72.4 Å². The molecule has 6 heteroatoms. The summed E-state index contributed by atoms with van der Waals surface area (Å²) in [5, 5.41) is 0. The van der Waals surface area contributed by atoms with Gasteiger partial charge in [-0.15, -0.1) is 0 Å². The summed E-state index contributed by atoms with van der Waals surface area (Å²) >= 11 is 0. The Hall–Kier alpha value is -7.12. The Morgan fingerprint density at radius 1 is 0.479 bits per heavy atom. The smallest absolute Gasteiger partial charge is 0.253 e. The monoisotopic (exact) mass is 619 g/mol. The SMILES string of the molecule is O=C1C=CC(=O)N1CCOc1c(C#Cc2ccc(C#Cc3ccncc3)cc2)cccc1C#Cc1ccc(C#Cc2ccncc2)cc1. The van der Waals surface area contributed by atoms with Crippen LogP contribution in [0.15, 0.2) is 128 Å². The molecule has 0 aliphatic carbocycles. The average molecular weight is 620 g/mol. The van der Waals surface area contributed by atoms with Crippen molar-refractivity contribution >= 4 is 11.8 Å². The second-order valence-corrected chi connectivity index (χ2v) is 10.3. The molecule has 2 amide bonds. The molecule has 1 aliphatic heterocycles. The maximum absolute atomic E-state index is 12.1. The van der Waals surface area contributed by atoms with Crippen LogP contribution in [-0.2, 0) is 9.59 Å². The molecule has 1 aliphatic rings. The molecular formula is C42H25N3O3. The molecule has 3 heterocycles. The predicted octanol–water partition coefficient (Wildman–Crippen LogP) is 5.38. The summed E-state index contributed by atoms with van der Waals surface area (Å²) in [4.78, 5) is 33.3. The maximum Gasteiger partial charge on any atom is 0.253 e. The molecule has 226 valence electrons. The van der Waals surface area contributed by atoms with Crippen LogP contribution in [0.3, 0.4) is 0 Å². The van der Waals surface area contributed by atoms with Crippen molar-refractivity contribution in [3.8, 4) is 53.1 Å². The summed E-state index contributed by atoms with van der Waals surface area (Å²) in [5.74, 6) is 25.1. The molecule has 0 bridgehead atoms. The van der Waals surface area contributed by atoms with Crippen LogP contribution in [0.5, 0.6) is 5.75 Å². The highest BCUT2D eigenvalue weighted by Gasteiger charge is 2.23. The quantitative estimate of drug-likeness (QED) is 0.200. The van der Waals surface area contributed by atoms with E-state index in [4.69, 9.17) is 4.74 Å². The molecule has 2 aromatic heterocycles. The molecule has 0 atom stereocenters. The number of benzene rings is 3. The second-order valence-electron chi connectivity index (χ2n) is 10.3. The number of carbonyl (C=O) groups excluding carboxylic acids is 2. The second kappa shape index (κ2) is 15.2. The van der Waals surface area contributed by atoms with Crippen molar-refractivity contribution in [3.63, 3.8) is 0 Å². The lowest BCUT2D eigenvalue weighted by Gasteiger charge is -2.15. The number of hydrogen-bond donors (Lipinski definition) is 0. The van der Waals surface area contributed by atoms with Crippen LogP contribution in [0.2, 0.25) is 0 Å². The highest BCUT2D eigenvalue weighted by Crippen LogP contribution is 2.24. The summed E-state index contributed by atoms with van der Waals surface area (Å²) in [6.45, 7) is 0.186. The summed E-state index contributed by atoms with van der Waals surface area (Å²) in [6, 6.07) is 28.4. The van der Waals surface area contributed by atoms with Gasteiger partial charge >= 0.3 is 0 Å². The minimum absolute atomic E-state index is 0.0855. The van der Waals surface area contributed by atoms with E-state index in [1.807, 2.05) is 91.0 Å². The van der Waals surface area contributed by atoms with Crippen LogP contribution in [-0.4, -0.2) is 39.8 Å². The van der Waals surface area contributed by atoms with Crippen LogP contribution >= 0.6 is 0 Å². The number of pyridine rings is 2. The Morgan fingerprint density at radius 2 is 0.833 bits per heavy atom. The number of aromatic nitrogens is 2. The third-order valence-corrected chi connectivity index (χ3v) is 6.99. The number of para-hydroxylation sites is 1.